The van der Waals surface area contributed by atoms with Crippen LogP contribution in [0.4, 0.5) is 4.39 Å². The molecule has 0 unspecified atom stereocenters. The molecule has 3 aliphatic rings. The smallest absolute Gasteiger partial charge is 0.227 e. The highest BCUT2D eigenvalue weighted by Gasteiger charge is 2.48. The second-order valence-corrected chi connectivity index (χ2v) is 7.11. The molecule has 0 spiro atoms. The third-order valence-corrected chi connectivity index (χ3v) is 5.60. The molecule has 0 aromatic heterocycles. The van der Waals surface area contributed by atoms with Crippen LogP contribution in [0.5, 0.6) is 0 Å². The van der Waals surface area contributed by atoms with Gasteiger partial charge in [-0.05, 0) is 30.5 Å². The van der Waals surface area contributed by atoms with Crippen LogP contribution in [-0.2, 0) is 20.7 Å². The van der Waals surface area contributed by atoms with Gasteiger partial charge in [0.2, 0.25) is 5.91 Å². The molecule has 6 heteroatoms. The molecular weight excluding hydrogens is 323 g/mol. The number of amides is 1. The van der Waals surface area contributed by atoms with E-state index < -0.39 is 0 Å². The Morgan fingerprint density at radius 1 is 1.12 bits per heavy atom. The van der Waals surface area contributed by atoms with E-state index in [9.17, 15) is 9.18 Å². The fourth-order valence-corrected chi connectivity index (χ4v) is 4.33. The summed E-state index contributed by atoms with van der Waals surface area (Å²) in [5.74, 6) is -0.159. The van der Waals surface area contributed by atoms with Gasteiger partial charge in [0.15, 0.2) is 0 Å². The fraction of sp³-hybridized carbons (Fsp3) is 0.632. The van der Waals surface area contributed by atoms with Crippen LogP contribution in [0.2, 0.25) is 0 Å². The zero-order valence-electron chi connectivity index (χ0n) is 14.4. The SMILES string of the molecule is O=C(Cc1ccc(F)cc1)N1C[C@H](N2CCOCC2)[C@@H]2OCCC[C@@H]21. The first-order valence-corrected chi connectivity index (χ1v) is 9.20. The summed E-state index contributed by atoms with van der Waals surface area (Å²) in [6.45, 7) is 4.79. The van der Waals surface area contributed by atoms with E-state index in [1.807, 2.05) is 4.90 Å². The first-order valence-electron chi connectivity index (χ1n) is 9.20. The van der Waals surface area contributed by atoms with Gasteiger partial charge in [0, 0.05) is 26.2 Å². The first-order chi connectivity index (χ1) is 12.2. The Balaban J connectivity index is 1.48. The zero-order chi connectivity index (χ0) is 17.2. The number of ether oxygens (including phenoxy) is 2. The average molecular weight is 348 g/mol. The van der Waals surface area contributed by atoms with Gasteiger partial charge in [-0.3, -0.25) is 9.69 Å². The van der Waals surface area contributed by atoms with E-state index in [2.05, 4.69) is 4.90 Å². The number of likely N-dealkylation sites (tertiary alicyclic amines) is 1. The molecule has 1 amide bonds. The highest BCUT2D eigenvalue weighted by atomic mass is 19.1. The van der Waals surface area contributed by atoms with Gasteiger partial charge in [-0.15, -0.1) is 0 Å². The number of morpholine rings is 1. The number of carbonyl (C=O) groups is 1. The highest BCUT2D eigenvalue weighted by molar-refractivity contribution is 5.79. The van der Waals surface area contributed by atoms with Crippen LogP contribution >= 0.6 is 0 Å². The summed E-state index contributed by atoms with van der Waals surface area (Å²) in [5, 5.41) is 0. The molecule has 0 aliphatic carbocycles. The summed E-state index contributed by atoms with van der Waals surface area (Å²) >= 11 is 0. The van der Waals surface area contributed by atoms with Crippen molar-refractivity contribution >= 4 is 5.91 Å². The predicted molar refractivity (Wildman–Crippen MR) is 90.8 cm³/mol. The number of carbonyl (C=O) groups excluding carboxylic acids is 1. The van der Waals surface area contributed by atoms with Crippen LogP contribution in [0.3, 0.4) is 0 Å². The Morgan fingerprint density at radius 2 is 1.88 bits per heavy atom. The van der Waals surface area contributed by atoms with E-state index in [4.69, 9.17) is 9.47 Å². The molecule has 4 rings (SSSR count). The molecule has 0 bridgehead atoms. The third kappa shape index (κ3) is 3.57. The maximum absolute atomic E-state index is 13.1. The van der Waals surface area contributed by atoms with Gasteiger partial charge in [-0.25, -0.2) is 4.39 Å². The van der Waals surface area contributed by atoms with Crippen LogP contribution in [0, 0.1) is 5.82 Å². The van der Waals surface area contributed by atoms with Gasteiger partial charge in [-0.2, -0.15) is 0 Å². The fourth-order valence-electron chi connectivity index (χ4n) is 4.33. The Bertz CT molecular complexity index is 603. The van der Waals surface area contributed by atoms with Crippen LogP contribution in [-0.4, -0.2) is 73.3 Å². The molecule has 3 atom stereocenters. The molecule has 3 heterocycles. The van der Waals surface area contributed by atoms with E-state index in [1.54, 1.807) is 12.1 Å². The lowest BCUT2D eigenvalue weighted by molar-refractivity contribution is -0.134. The molecule has 0 saturated carbocycles. The molecule has 3 fully saturated rings. The van der Waals surface area contributed by atoms with Crippen molar-refractivity contribution in [2.24, 2.45) is 0 Å². The van der Waals surface area contributed by atoms with Crippen molar-refractivity contribution in [1.29, 1.82) is 0 Å². The van der Waals surface area contributed by atoms with Crippen LogP contribution in [0.15, 0.2) is 24.3 Å². The van der Waals surface area contributed by atoms with Gasteiger partial charge in [0.25, 0.3) is 0 Å². The Kier molecular flexibility index (Phi) is 5.01. The topological polar surface area (TPSA) is 42.0 Å². The minimum absolute atomic E-state index is 0.101. The van der Waals surface area contributed by atoms with Crippen LogP contribution in [0.1, 0.15) is 18.4 Å². The van der Waals surface area contributed by atoms with Gasteiger partial charge < -0.3 is 14.4 Å². The lowest BCUT2D eigenvalue weighted by atomic mass is 9.99. The monoisotopic (exact) mass is 348 g/mol. The van der Waals surface area contributed by atoms with Gasteiger partial charge in [0.05, 0.1) is 37.8 Å². The molecule has 3 saturated heterocycles. The molecule has 136 valence electrons. The third-order valence-electron chi connectivity index (χ3n) is 5.60. The average Bonchev–Trinajstić information content (AvgIpc) is 3.04. The van der Waals surface area contributed by atoms with Gasteiger partial charge in [-0.1, -0.05) is 12.1 Å². The van der Waals surface area contributed by atoms with Crippen LogP contribution in [0.25, 0.3) is 0 Å². The predicted octanol–water partition coefficient (Wildman–Crippen LogP) is 1.46. The minimum Gasteiger partial charge on any atom is -0.379 e. The van der Waals surface area contributed by atoms with Crippen LogP contribution < -0.4 is 0 Å². The normalized spacial score (nSPS) is 30.3. The first kappa shape index (κ1) is 16.9. The quantitative estimate of drug-likeness (QED) is 0.829. The number of hydrogen-bond donors (Lipinski definition) is 0. The lowest BCUT2D eigenvalue weighted by Gasteiger charge is -2.37. The molecular formula is C19H25FN2O3. The minimum atomic E-state index is -0.273. The molecule has 1 aromatic rings. The molecule has 0 N–H and O–H groups in total. The van der Waals surface area contributed by atoms with Gasteiger partial charge >= 0.3 is 0 Å². The molecule has 25 heavy (non-hydrogen) atoms. The van der Waals surface area contributed by atoms with Gasteiger partial charge in [0.1, 0.15) is 5.82 Å². The van der Waals surface area contributed by atoms with E-state index in [1.165, 1.54) is 12.1 Å². The summed E-state index contributed by atoms with van der Waals surface area (Å²) < 4.78 is 24.6. The maximum Gasteiger partial charge on any atom is 0.227 e. The van der Waals surface area contributed by atoms with Crippen molar-refractivity contribution in [3.8, 4) is 0 Å². The molecule has 3 aliphatic heterocycles. The second kappa shape index (κ2) is 7.40. The molecule has 5 nitrogen and oxygen atoms in total. The number of nitrogens with zero attached hydrogens (tertiary/aromatic N) is 2. The summed E-state index contributed by atoms with van der Waals surface area (Å²) in [4.78, 5) is 17.3. The Labute approximate surface area is 147 Å². The summed E-state index contributed by atoms with van der Waals surface area (Å²) in [6, 6.07) is 6.63. The van der Waals surface area contributed by atoms with E-state index in [0.717, 1.165) is 57.9 Å². The summed E-state index contributed by atoms with van der Waals surface area (Å²) in [7, 11) is 0. The standard InChI is InChI=1S/C19H25FN2O3/c20-15-5-3-14(4-6-15)12-18(23)22-13-17(21-7-10-24-11-8-21)19-16(22)2-1-9-25-19/h3-6,16-17,19H,1-2,7-13H2/t16-,17-,19+/m0/s1. The van der Waals surface area contributed by atoms with Crippen molar-refractivity contribution in [3.63, 3.8) is 0 Å². The molecule has 1 aromatic carbocycles. The molecule has 0 radical (unpaired) electrons. The number of halogens is 1. The van der Waals surface area contributed by atoms with Crippen molar-refractivity contribution in [2.75, 3.05) is 39.5 Å². The largest absolute Gasteiger partial charge is 0.379 e. The summed E-state index contributed by atoms with van der Waals surface area (Å²) in [6.07, 6.45) is 2.42. The van der Waals surface area contributed by atoms with E-state index in [0.29, 0.717) is 6.42 Å². The Morgan fingerprint density at radius 3 is 2.64 bits per heavy atom. The number of benzene rings is 1. The zero-order valence-corrected chi connectivity index (χ0v) is 14.4. The number of fused-ring (bicyclic) bond motifs is 1. The van der Waals surface area contributed by atoms with Crippen molar-refractivity contribution < 1.29 is 18.7 Å². The summed E-state index contributed by atoms with van der Waals surface area (Å²) in [5.41, 5.74) is 0.856. The van der Waals surface area contributed by atoms with Crippen molar-refractivity contribution in [1.82, 2.24) is 9.80 Å². The van der Waals surface area contributed by atoms with Crippen molar-refractivity contribution in [2.45, 2.75) is 37.5 Å². The van der Waals surface area contributed by atoms with E-state index >= 15 is 0 Å². The Hall–Kier alpha value is -1.50. The second-order valence-electron chi connectivity index (χ2n) is 7.11. The number of hydrogen-bond acceptors (Lipinski definition) is 4. The maximum atomic E-state index is 13.1. The van der Waals surface area contributed by atoms with Crippen molar-refractivity contribution in [3.05, 3.63) is 35.6 Å². The highest BCUT2D eigenvalue weighted by Crippen LogP contribution is 2.32. The lowest BCUT2D eigenvalue weighted by Crippen LogP contribution is -2.51. The number of rotatable bonds is 3. The van der Waals surface area contributed by atoms with E-state index in [-0.39, 0.29) is 29.9 Å².